The van der Waals surface area contributed by atoms with Crippen molar-refractivity contribution in [2.75, 3.05) is 20.3 Å². The Morgan fingerprint density at radius 2 is 1.21 bits per heavy atom. The minimum absolute atomic E-state index is 0.350. The summed E-state index contributed by atoms with van der Waals surface area (Å²) in [5, 5.41) is 0. The smallest absolute Gasteiger partial charge is 0.194 e. The van der Waals surface area contributed by atoms with Gasteiger partial charge in [-0.15, -0.1) is 6.58 Å². The number of allylic oxidation sites excluding steroid dienone is 1. The zero-order valence-corrected chi connectivity index (χ0v) is 20.4. The quantitative estimate of drug-likeness (QED) is 0.132. The van der Waals surface area contributed by atoms with Gasteiger partial charge in [-0.1, -0.05) is 85.6 Å². The van der Waals surface area contributed by atoms with E-state index in [9.17, 15) is 0 Å². The molecule has 0 N–H and O–H groups in total. The van der Waals surface area contributed by atoms with E-state index in [0.717, 1.165) is 38.5 Å². The molecule has 0 aromatic carbocycles. The molecule has 3 heteroatoms. The molecule has 0 radical (unpaired) electrons. The van der Waals surface area contributed by atoms with Crippen LogP contribution in [0.4, 0.5) is 0 Å². The van der Waals surface area contributed by atoms with Crippen molar-refractivity contribution in [2.45, 2.75) is 130 Å². The summed E-state index contributed by atoms with van der Waals surface area (Å²) >= 11 is 0. The first kappa shape index (κ1) is 29.8. The van der Waals surface area contributed by atoms with Gasteiger partial charge in [-0.25, -0.2) is 0 Å². The second-order valence-electron chi connectivity index (χ2n) is 7.81. The molecule has 1 atom stereocenters. The Balaban J connectivity index is 0. The van der Waals surface area contributed by atoms with Crippen molar-refractivity contribution < 1.29 is 14.2 Å². The largest absolute Gasteiger partial charge is 0.373 e. The SMILES string of the molecule is C=CCC.CCCCCCCCC(CCC)(OC)C(C)(OCCC)OCCC. The molecular weight excluding hydrogens is 348 g/mol. The molecule has 0 bridgehead atoms. The van der Waals surface area contributed by atoms with Gasteiger partial charge in [-0.3, -0.25) is 0 Å². The van der Waals surface area contributed by atoms with Crippen LogP contribution in [0.5, 0.6) is 0 Å². The van der Waals surface area contributed by atoms with Crippen LogP contribution >= 0.6 is 0 Å². The molecule has 0 heterocycles. The van der Waals surface area contributed by atoms with Crippen molar-refractivity contribution in [1.29, 1.82) is 0 Å². The fraction of sp³-hybridized carbons (Fsp3) is 0.920. The summed E-state index contributed by atoms with van der Waals surface area (Å²) in [6, 6.07) is 0. The summed E-state index contributed by atoms with van der Waals surface area (Å²) in [6.45, 7) is 17.8. The maximum atomic E-state index is 6.24. The van der Waals surface area contributed by atoms with Gasteiger partial charge in [0.25, 0.3) is 0 Å². The summed E-state index contributed by atoms with van der Waals surface area (Å²) in [7, 11) is 1.83. The molecule has 0 aromatic heterocycles. The molecule has 0 aliphatic rings. The Labute approximate surface area is 177 Å². The first-order valence-corrected chi connectivity index (χ1v) is 11.9. The molecule has 0 rings (SSSR count). The summed E-state index contributed by atoms with van der Waals surface area (Å²) in [4.78, 5) is 0. The van der Waals surface area contributed by atoms with Crippen molar-refractivity contribution in [1.82, 2.24) is 0 Å². The third-order valence-corrected chi connectivity index (χ3v) is 5.26. The molecule has 0 saturated heterocycles. The summed E-state index contributed by atoms with van der Waals surface area (Å²) in [5.74, 6) is -0.660. The standard InChI is InChI=1S/C21H44O3.C4H8/c1-7-11-12-13-14-15-17-21(22-6,16-8-2)20(5,23-18-9-3)24-19-10-4;1-3-4-2/h7-19H2,1-6H3;3H,1,4H2,2H3. The van der Waals surface area contributed by atoms with E-state index in [4.69, 9.17) is 14.2 Å². The van der Waals surface area contributed by atoms with Crippen molar-refractivity contribution in [3.8, 4) is 0 Å². The monoisotopic (exact) mass is 400 g/mol. The Hall–Kier alpha value is -0.380. The average Bonchev–Trinajstić information content (AvgIpc) is 2.72. The highest BCUT2D eigenvalue weighted by atomic mass is 16.7. The molecule has 0 aromatic rings. The molecule has 1 unspecified atom stereocenters. The lowest BCUT2D eigenvalue weighted by atomic mass is 9.83. The van der Waals surface area contributed by atoms with Gasteiger partial charge in [0.15, 0.2) is 5.79 Å². The number of hydrogen-bond acceptors (Lipinski definition) is 3. The van der Waals surface area contributed by atoms with Gasteiger partial charge in [0.1, 0.15) is 5.60 Å². The molecule has 3 nitrogen and oxygen atoms in total. The molecular formula is C25H52O3. The predicted octanol–water partition coefficient (Wildman–Crippen LogP) is 8.07. The maximum Gasteiger partial charge on any atom is 0.194 e. The molecule has 0 amide bonds. The van der Waals surface area contributed by atoms with E-state index in [-0.39, 0.29) is 5.60 Å². The molecule has 28 heavy (non-hydrogen) atoms. The van der Waals surface area contributed by atoms with E-state index in [1.807, 2.05) is 13.2 Å². The molecule has 170 valence electrons. The highest BCUT2D eigenvalue weighted by Crippen LogP contribution is 2.39. The van der Waals surface area contributed by atoms with Crippen LogP contribution in [-0.2, 0) is 14.2 Å². The van der Waals surface area contributed by atoms with Crippen LogP contribution in [0, 0.1) is 0 Å². The van der Waals surface area contributed by atoms with E-state index in [1.54, 1.807) is 0 Å². The normalized spacial score (nSPS) is 13.5. The lowest BCUT2D eigenvalue weighted by molar-refractivity contribution is -0.322. The molecule has 0 saturated carbocycles. The summed E-state index contributed by atoms with van der Waals surface area (Å²) in [6.07, 6.45) is 15.8. The molecule has 0 fully saturated rings. The van der Waals surface area contributed by atoms with Gasteiger partial charge < -0.3 is 14.2 Å². The minimum atomic E-state index is -0.660. The highest BCUT2D eigenvalue weighted by Gasteiger charge is 2.49. The van der Waals surface area contributed by atoms with E-state index >= 15 is 0 Å². The lowest BCUT2D eigenvalue weighted by Crippen LogP contribution is -2.57. The Morgan fingerprint density at radius 3 is 1.61 bits per heavy atom. The second-order valence-corrected chi connectivity index (χ2v) is 7.81. The van der Waals surface area contributed by atoms with Gasteiger partial charge >= 0.3 is 0 Å². The van der Waals surface area contributed by atoms with Crippen LogP contribution in [0.2, 0.25) is 0 Å². The molecule has 0 spiro atoms. The van der Waals surface area contributed by atoms with Crippen LogP contribution in [0.25, 0.3) is 0 Å². The zero-order chi connectivity index (χ0) is 21.7. The van der Waals surface area contributed by atoms with Gasteiger partial charge in [0.05, 0.1) is 0 Å². The first-order chi connectivity index (χ1) is 13.5. The van der Waals surface area contributed by atoms with Gasteiger partial charge in [-0.05, 0) is 39.0 Å². The topological polar surface area (TPSA) is 27.7 Å². The zero-order valence-electron chi connectivity index (χ0n) is 20.4. The van der Waals surface area contributed by atoms with Gasteiger partial charge in [0, 0.05) is 20.3 Å². The van der Waals surface area contributed by atoms with Crippen LogP contribution < -0.4 is 0 Å². The Bertz CT molecular complexity index is 322. The van der Waals surface area contributed by atoms with Crippen molar-refractivity contribution in [2.24, 2.45) is 0 Å². The third kappa shape index (κ3) is 12.2. The first-order valence-electron chi connectivity index (χ1n) is 11.9. The molecule has 0 aliphatic heterocycles. The number of unbranched alkanes of at least 4 members (excludes halogenated alkanes) is 5. The predicted molar refractivity (Wildman–Crippen MR) is 124 cm³/mol. The summed E-state index contributed by atoms with van der Waals surface area (Å²) in [5.41, 5.74) is -0.350. The van der Waals surface area contributed by atoms with Crippen LogP contribution in [0.1, 0.15) is 119 Å². The molecule has 0 aliphatic carbocycles. The van der Waals surface area contributed by atoms with E-state index in [1.165, 1.54) is 38.5 Å². The fourth-order valence-corrected chi connectivity index (χ4v) is 3.46. The van der Waals surface area contributed by atoms with Crippen molar-refractivity contribution in [3.05, 3.63) is 12.7 Å². The van der Waals surface area contributed by atoms with Gasteiger partial charge in [0.2, 0.25) is 0 Å². The van der Waals surface area contributed by atoms with Crippen molar-refractivity contribution in [3.63, 3.8) is 0 Å². The fourth-order valence-electron chi connectivity index (χ4n) is 3.46. The third-order valence-electron chi connectivity index (χ3n) is 5.26. The number of methoxy groups -OCH3 is 1. The minimum Gasteiger partial charge on any atom is -0.373 e. The van der Waals surface area contributed by atoms with E-state index < -0.39 is 5.79 Å². The van der Waals surface area contributed by atoms with Crippen LogP contribution in [0.15, 0.2) is 12.7 Å². The number of rotatable bonds is 18. The lowest BCUT2D eigenvalue weighted by Gasteiger charge is -2.47. The van der Waals surface area contributed by atoms with Crippen molar-refractivity contribution >= 4 is 0 Å². The summed E-state index contributed by atoms with van der Waals surface area (Å²) < 4.78 is 18.6. The maximum absolute atomic E-state index is 6.24. The average molecular weight is 401 g/mol. The van der Waals surface area contributed by atoms with Crippen LogP contribution in [0.3, 0.4) is 0 Å². The van der Waals surface area contributed by atoms with Gasteiger partial charge in [-0.2, -0.15) is 0 Å². The number of ether oxygens (including phenoxy) is 3. The second kappa shape index (κ2) is 19.9. The van der Waals surface area contributed by atoms with E-state index in [2.05, 4.69) is 48.1 Å². The highest BCUT2D eigenvalue weighted by molar-refractivity contribution is 4.94. The Kier molecular flexibility index (Phi) is 21.2. The van der Waals surface area contributed by atoms with Crippen LogP contribution in [-0.4, -0.2) is 31.7 Å². The number of hydrogen-bond donors (Lipinski definition) is 0. The van der Waals surface area contributed by atoms with E-state index in [0.29, 0.717) is 13.2 Å². The Morgan fingerprint density at radius 1 is 0.714 bits per heavy atom.